The molecule has 29 heavy (non-hydrogen) atoms. The molecule has 2 aliphatic rings. The second kappa shape index (κ2) is 7.93. The summed E-state index contributed by atoms with van der Waals surface area (Å²) in [5.74, 6) is 0. The standard InChI is InChI=1S/C22H34BNO5/c1-20(2,3)27-19(25)24-14-18-16-10-8-12-17(15(16)11-9-13-26-18)23-28-21(4,5)22(6,7)29-23/h8,10,12,18H,9,11,13-14H2,1-7H3,(H,24,25). The van der Waals surface area contributed by atoms with Crippen molar-refractivity contribution >= 4 is 18.7 Å². The molecule has 0 spiro atoms. The van der Waals surface area contributed by atoms with Gasteiger partial charge in [0, 0.05) is 6.61 Å². The fourth-order valence-electron chi connectivity index (χ4n) is 3.63. The minimum absolute atomic E-state index is 0.234. The van der Waals surface area contributed by atoms with Crippen molar-refractivity contribution in [1.82, 2.24) is 5.32 Å². The molecule has 7 heteroatoms. The summed E-state index contributed by atoms with van der Waals surface area (Å²) in [6.07, 6.45) is 1.13. The van der Waals surface area contributed by atoms with E-state index in [-0.39, 0.29) is 17.3 Å². The summed E-state index contributed by atoms with van der Waals surface area (Å²) in [6, 6.07) is 6.15. The topological polar surface area (TPSA) is 66.0 Å². The first-order valence-electron chi connectivity index (χ1n) is 10.5. The lowest BCUT2D eigenvalue weighted by Crippen LogP contribution is -2.41. The van der Waals surface area contributed by atoms with E-state index >= 15 is 0 Å². The number of benzene rings is 1. The van der Waals surface area contributed by atoms with Gasteiger partial charge in [-0.1, -0.05) is 18.2 Å². The third-order valence-electron chi connectivity index (χ3n) is 5.82. The van der Waals surface area contributed by atoms with E-state index in [0.717, 1.165) is 23.9 Å². The maximum absolute atomic E-state index is 12.1. The van der Waals surface area contributed by atoms with Gasteiger partial charge in [-0.2, -0.15) is 0 Å². The Labute approximate surface area is 174 Å². The number of carbonyl (C=O) groups is 1. The van der Waals surface area contributed by atoms with E-state index in [1.807, 2.05) is 26.8 Å². The molecule has 2 aliphatic heterocycles. The number of hydrogen-bond acceptors (Lipinski definition) is 5. The Morgan fingerprint density at radius 1 is 1.21 bits per heavy atom. The molecule has 3 rings (SSSR count). The highest BCUT2D eigenvalue weighted by molar-refractivity contribution is 6.62. The van der Waals surface area contributed by atoms with Crippen molar-refractivity contribution < 1.29 is 23.6 Å². The molecule has 0 aliphatic carbocycles. The van der Waals surface area contributed by atoms with Crippen LogP contribution < -0.4 is 10.8 Å². The van der Waals surface area contributed by atoms with Crippen LogP contribution in [0.25, 0.3) is 0 Å². The van der Waals surface area contributed by atoms with Gasteiger partial charge >= 0.3 is 13.2 Å². The van der Waals surface area contributed by atoms with Gasteiger partial charge in [-0.05, 0) is 77.9 Å². The Hall–Kier alpha value is -1.57. The largest absolute Gasteiger partial charge is 0.495 e. The van der Waals surface area contributed by atoms with Gasteiger partial charge in [-0.25, -0.2) is 4.79 Å². The zero-order valence-corrected chi connectivity index (χ0v) is 18.8. The smallest absolute Gasteiger partial charge is 0.444 e. The Morgan fingerprint density at radius 3 is 2.48 bits per heavy atom. The highest BCUT2D eigenvalue weighted by Gasteiger charge is 2.52. The molecular weight excluding hydrogens is 369 g/mol. The number of fused-ring (bicyclic) bond motifs is 1. The van der Waals surface area contributed by atoms with Crippen LogP contribution in [0.4, 0.5) is 4.79 Å². The van der Waals surface area contributed by atoms with Crippen LogP contribution in [0.5, 0.6) is 0 Å². The summed E-state index contributed by atoms with van der Waals surface area (Å²) in [4.78, 5) is 12.1. The van der Waals surface area contributed by atoms with Crippen molar-refractivity contribution in [3.8, 4) is 0 Å². The molecule has 1 aromatic rings. The predicted octanol–water partition coefficient (Wildman–Crippen LogP) is 3.51. The fraction of sp³-hybridized carbons (Fsp3) is 0.682. The van der Waals surface area contributed by atoms with Gasteiger partial charge in [0.15, 0.2) is 0 Å². The minimum Gasteiger partial charge on any atom is -0.444 e. The Bertz CT molecular complexity index is 740. The first kappa shape index (κ1) is 22.1. The molecule has 6 nitrogen and oxygen atoms in total. The van der Waals surface area contributed by atoms with E-state index in [1.54, 1.807) is 0 Å². The quantitative estimate of drug-likeness (QED) is 0.783. The van der Waals surface area contributed by atoms with Crippen molar-refractivity contribution in [2.45, 2.75) is 84.2 Å². The molecule has 1 aromatic carbocycles. The summed E-state index contributed by atoms with van der Waals surface area (Å²) in [6.45, 7) is 14.8. The molecule has 1 N–H and O–H groups in total. The number of ether oxygens (including phenoxy) is 2. The van der Waals surface area contributed by atoms with Crippen molar-refractivity contribution in [3.63, 3.8) is 0 Å². The number of nitrogens with one attached hydrogen (secondary N) is 1. The van der Waals surface area contributed by atoms with E-state index in [9.17, 15) is 4.79 Å². The second-order valence-corrected chi connectivity index (χ2v) is 9.85. The van der Waals surface area contributed by atoms with Gasteiger partial charge < -0.3 is 24.1 Å². The summed E-state index contributed by atoms with van der Waals surface area (Å²) < 4.78 is 24.0. The van der Waals surface area contributed by atoms with Crippen molar-refractivity contribution in [3.05, 3.63) is 29.3 Å². The second-order valence-electron chi connectivity index (χ2n) is 9.85. The summed E-state index contributed by atoms with van der Waals surface area (Å²) in [5.41, 5.74) is 2.01. The van der Waals surface area contributed by atoms with Crippen molar-refractivity contribution in [1.29, 1.82) is 0 Å². The van der Waals surface area contributed by atoms with Crippen LogP contribution in [0, 0.1) is 0 Å². The van der Waals surface area contributed by atoms with Crippen LogP contribution in [0.15, 0.2) is 18.2 Å². The summed E-state index contributed by atoms with van der Waals surface area (Å²) >= 11 is 0. The molecule has 1 amide bonds. The van der Waals surface area contributed by atoms with E-state index in [0.29, 0.717) is 13.2 Å². The SMILES string of the molecule is CC(C)(C)OC(=O)NCC1OCCCc2c(B3OC(C)(C)C(C)(C)O3)cccc21. The molecule has 1 fully saturated rings. The monoisotopic (exact) mass is 403 g/mol. The Kier molecular flexibility index (Phi) is 6.05. The highest BCUT2D eigenvalue weighted by atomic mass is 16.7. The van der Waals surface area contributed by atoms with Crippen LogP contribution in [0.2, 0.25) is 0 Å². The average Bonchev–Trinajstić information content (AvgIpc) is 2.73. The van der Waals surface area contributed by atoms with Crippen LogP contribution in [0.3, 0.4) is 0 Å². The first-order valence-corrected chi connectivity index (χ1v) is 10.5. The number of alkyl carbamates (subject to hydrolysis) is 1. The van der Waals surface area contributed by atoms with Gasteiger partial charge in [0.05, 0.1) is 17.7 Å². The van der Waals surface area contributed by atoms with Crippen LogP contribution in [-0.4, -0.2) is 43.2 Å². The summed E-state index contributed by atoms with van der Waals surface area (Å²) in [5, 5.41) is 2.84. The van der Waals surface area contributed by atoms with Crippen molar-refractivity contribution in [2.24, 2.45) is 0 Å². The molecule has 0 radical (unpaired) electrons. The summed E-state index contributed by atoms with van der Waals surface area (Å²) in [7, 11) is -0.410. The third kappa shape index (κ3) is 4.96. The Balaban J connectivity index is 1.81. The molecule has 1 saturated heterocycles. The van der Waals surface area contributed by atoms with E-state index in [4.69, 9.17) is 18.8 Å². The van der Waals surface area contributed by atoms with Gasteiger partial charge in [0.2, 0.25) is 0 Å². The van der Waals surface area contributed by atoms with Gasteiger partial charge in [-0.15, -0.1) is 0 Å². The average molecular weight is 403 g/mol. The molecule has 0 aromatic heterocycles. The number of hydrogen-bond donors (Lipinski definition) is 1. The lowest BCUT2D eigenvalue weighted by atomic mass is 9.73. The maximum atomic E-state index is 12.1. The van der Waals surface area contributed by atoms with E-state index in [1.165, 1.54) is 5.56 Å². The first-order chi connectivity index (χ1) is 13.4. The van der Waals surface area contributed by atoms with Crippen LogP contribution in [-0.2, 0) is 25.2 Å². The number of amides is 1. The lowest BCUT2D eigenvalue weighted by Gasteiger charge is -2.32. The Morgan fingerprint density at radius 2 is 1.86 bits per heavy atom. The van der Waals surface area contributed by atoms with Gasteiger partial charge in [0.25, 0.3) is 0 Å². The molecule has 1 atom stereocenters. The molecule has 0 saturated carbocycles. The lowest BCUT2D eigenvalue weighted by molar-refractivity contribution is 0.00578. The fourth-order valence-corrected chi connectivity index (χ4v) is 3.63. The third-order valence-corrected chi connectivity index (χ3v) is 5.82. The molecule has 0 bridgehead atoms. The molecule has 160 valence electrons. The van der Waals surface area contributed by atoms with Crippen LogP contribution >= 0.6 is 0 Å². The van der Waals surface area contributed by atoms with E-state index in [2.05, 4.69) is 45.1 Å². The maximum Gasteiger partial charge on any atom is 0.495 e. The normalized spacial score (nSPS) is 23.3. The van der Waals surface area contributed by atoms with E-state index < -0.39 is 18.8 Å². The zero-order chi connectivity index (χ0) is 21.4. The minimum atomic E-state index is -0.532. The molecule has 1 unspecified atom stereocenters. The molecule has 2 heterocycles. The highest BCUT2D eigenvalue weighted by Crippen LogP contribution is 2.37. The zero-order valence-electron chi connectivity index (χ0n) is 18.8. The predicted molar refractivity (Wildman–Crippen MR) is 113 cm³/mol. The van der Waals surface area contributed by atoms with Crippen LogP contribution in [0.1, 0.15) is 72.1 Å². The number of carbonyl (C=O) groups excluding carboxylic acids is 1. The molecular formula is C22H34BNO5. The van der Waals surface area contributed by atoms with Crippen molar-refractivity contribution in [2.75, 3.05) is 13.2 Å². The number of rotatable bonds is 3. The van der Waals surface area contributed by atoms with Gasteiger partial charge in [0.1, 0.15) is 11.7 Å². The van der Waals surface area contributed by atoms with Gasteiger partial charge in [-0.3, -0.25) is 0 Å².